The van der Waals surface area contributed by atoms with E-state index < -0.39 is 0 Å². The van der Waals surface area contributed by atoms with Crippen molar-refractivity contribution < 1.29 is 4.74 Å². The lowest BCUT2D eigenvalue weighted by molar-refractivity contribution is 0.194. The second-order valence-corrected chi connectivity index (χ2v) is 5.09. The first-order valence-electron chi connectivity index (χ1n) is 7.32. The topological polar surface area (TPSA) is 21.3 Å². The summed E-state index contributed by atoms with van der Waals surface area (Å²) >= 11 is 0. The minimum atomic E-state index is 0.284. The second-order valence-electron chi connectivity index (χ2n) is 5.09. The van der Waals surface area contributed by atoms with Gasteiger partial charge in [0.15, 0.2) is 0 Å². The first-order valence-corrected chi connectivity index (χ1v) is 7.32. The molecule has 1 N–H and O–H groups in total. The maximum Gasteiger partial charge on any atom is 0.120 e. The molecule has 1 aliphatic rings. The number of hydrogen-bond donors (Lipinski definition) is 1. The number of fused-ring (bicyclic) bond motifs is 1. The predicted molar refractivity (Wildman–Crippen MR) is 76.3 cm³/mol. The molecule has 100 valence electrons. The van der Waals surface area contributed by atoms with Crippen LogP contribution in [0.15, 0.2) is 18.2 Å². The highest BCUT2D eigenvalue weighted by Crippen LogP contribution is 2.26. The average molecular weight is 247 g/mol. The van der Waals surface area contributed by atoms with E-state index in [1.54, 1.807) is 0 Å². The fraction of sp³-hybridized carbons (Fsp3) is 0.625. The first kappa shape index (κ1) is 13.4. The molecule has 0 spiro atoms. The molecule has 0 saturated carbocycles. The van der Waals surface area contributed by atoms with Crippen molar-refractivity contribution in [2.24, 2.45) is 0 Å². The predicted octanol–water partition coefficient (Wildman–Crippen LogP) is 3.33. The maximum absolute atomic E-state index is 6.07. The summed E-state index contributed by atoms with van der Waals surface area (Å²) < 4.78 is 6.07. The van der Waals surface area contributed by atoms with Crippen LogP contribution in [0.2, 0.25) is 0 Å². The standard InChI is InChI=1S/C16H25NO/c1-3-15(12-17-4-2)18-16-10-9-13-7-5-6-8-14(13)11-16/h9-11,15,17H,3-8,12H2,1-2H3. The Labute approximate surface area is 111 Å². The van der Waals surface area contributed by atoms with Gasteiger partial charge >= 0.3 is 0 Å². The zero-order chi connectivity index (χ0) is 12.8. The van der Waals surface area contributed by atoms with Gasteiger partial charge < -0.3 is 10.1 Å². The van der Waals surface area contributed by atoms with Crippen LogP contribution < -0.4 is 10.1 Å². The first-order chi connectivity index (χ1) is 8.83. The van der Waals surface area contributed by atoms with Gasteiger partial charge in [0, 0.05) is 6.54 Å². The number of ether oxygens (including phenoxy) is 1. The Hall–Kier alpha value is -1.02. The molecule has 2 rings (SSSR count). The van der Waals surface area contributed by atoms with E-state index in [1.807, 2.05) is 0 Å². The molecule has 0 fully saturated rings. The summed E-state index contributed by atoms with van der Waals surface area (Å²) in [6.07, 6.45) is 6.45. The molecule has 0 amide bonds. The molecule has 1 aromatic carbocycles. The lowest BCUT2D eigenvalue weighted by Gasteiger charge is -2.21. The van der Waals surface area contributed by atoms with Gasteiger partial charge in [0.1, 0.15) is 11.9 Å². The highest BCUT2D eigenvalue weighted by atomic mass is 16.5. The van der Waals surface area contributed by atoms with Crippen molar-refractivity contribution in [3.63, 3.8) is 0 Å². The van der Waals surface area contributed by atoms with Gasteiger partial charge in [-0.3, -0.25) is 0 Å². The lowest BCUT2D eigenvalue weighted by Crippen LogP contribution is -2.30. The minimum Gasteiger partial charge on any atom is -0.489 e. The third-order valence-electron chi connectivity index (χ3n) is 3.70. The molecule has 0 aromatic heterocycles. The van der Waals surface area contributed by atoms with Gasteiger partial charge in [0.25, 0.3) is 0 Å². The molecule has 0 bridgehead atoms. The van der Waals surface area contributed by atoms with E-state index >= 15 is 0 Å². The quantitative estimate of drug-likeness (QED) is 0.832. The van der Waals surface area contributed by atoms with E-state index in [0.29, 0.717) is 0 Å². The van der Waals surface area contributed by atoms with Gasteiger partial charge in [-0.1, -0.05) is 19.9 Å². The molecule has 1 aromatic rings. The van der Waals surface area contributed by atoms with Crippen LogP contribution in [0.3, 0.4) is 0 Å². The molecule has 0 saturated heterocycles. The van der Waals surface area contributed by atoms with E-state index in [-0.39, 0.29) is 6.10 Å². The fourth-order valence-corrected chi connectivity index (χ4v) is 2.55. The normalized spacial score (nSPS) is 16.1. The number of likely N-dealkylation sites (N-methyl/N-ethyl adjacent to an activating group) is 1. The Morgan fingerprint density at radius 2 is 1.94 bits per heavy atom. The van der Waals surface area contributed by atoms with Crippen molar-refractivity contribution in [2.75, 3.05) is 13.1 Å². The van der Waals surface area contributed by atoms with Crippen molar-refractivity contribution in [1.82, 2.24) is 5.32 Å². The van der Waals surface area contributed by atoms with Crippen LogP contribution in [0, 0.1) is 0 Å². The summed E-state index contributed by atoms with van der Waals surface area (Å²) in [5.41, 5.74) is 3.02. The average Bonchev–Trinajstić information content (AvgIpc) is 2.43. The fourth-order valence-electron chi connectivity index (χ4n) is 2.55. The minimum absolute atomic E-state index is 0.284. The summed E-state index contributed by atoms with van der Waals surface area (Å²) in [5.74, 6) is 1.04. The van der Waals surface area contributed by atoms with E-state index in [1.165, 1.54) is 36.8 Å². The largest absolute Gasteiger partial charge is 0.489 e. The van der Waals surface area contributed by atoms with Gasteiger partial charge in [0.05, 0.1) is 0 Å². The van der Waals surface area contributed by atoms with Crippen molar-refractivity contribution in [1.29, 1.82) is 0 Å². The molecular weight excluding hydrogens is 222 g/mol. The van der Waals surface area contributed by atoms with Crippen molar-refractivity contribution >= 4 is 0 Å². The summed E-state index contributed by atoms with van der Waals surface area (Å²) in [4.78, 5) is 0. The maximum atomic E-state index is 6.07. The molecule has 1 unspecified atom stereocenters. The molecular formula is C16H25NO. The number of rotatable bonds is 6. The van der Waals surface area contributed by atoms with Gasteiger partial charge in [-0.15, -0.1) is 0 Å². The molecule has 0 heterocycles. The molecule has 0 aliphatic heterocycles. The Bertz CT molecular complexity index is 375. The molecule has 0 radical (unpaired) electrons. The van der Waals surface area contributed by atoms with E-state index in [4.69, 9.17) is 4.74 Å². The SMILES string of the molecule is CCNCC(CC)Oc1ccc2c(c1)CCCC2. The Balaban J connectivity index is 1.99. The monoisotopic (exact) mass is 247 g/mol. The molecule has 18 heavy (non-hydrogen) atoms. The summed E-state index contributed by atoms with van der Waals surface area (Å²) in [6, 6.07) is 6.64. The van der Waals surface area contributed by atoms with Crippen LogP contribution in [-0.4, -0.2) is 19.2 Å². The molecule has 1 aliphatic carbocycles. The van der Waals surface area contributed by atoms with Gasteiger partial charge in [-0.05, 0) is 61.9 Å². The van der Waals surface area contributed by atoms with Crippen LogP contribution in [0.4, 0.5) is 0 Å². The van der Waals surface area contributed by atoms with Gasteiger partial charge in [-0.2, -0.15) is 0 Å². The zero-order valence-corrected chi connectivity index (χ0v) is 11.7. The van der Waals surface area contributed by atoms with E-state index in [2.05, 4.69) is 37.4 Å². The zero-order valence-electron chi connectivity index (χ0n) is 11.7. The Kier molecular flexibility index (Phi) is 5.06. The Morgan fingerprint density at radius 3 is 2.67 bits per heavy atom. The van der Waals surface area contributed by atoms with Crippen LogP contribution >= 0.6 is 0 Å². The summed E-state index contributed by atoms with van der Waals surface area (Å²) in [6.45, 7) is 6.25. The third-order valence-corrected chi connectivity index (χ3v) is 3.70. The molecule has 1 atom stereocenters. The van der Waals surface area contributed by atoms with E-state index in [0.717, 1.165) is 25.3 Å². The lowest BCUT2D eigenvalue weighted by atomic mass is 9.92. The summed E-state index contributed by atoms with van der Waals surface area (Å²) in [7, 11) is 0. The van der Waals surface area contributed by atoms with Crippen molar-refractivity contribution in [3.8, 4) is 5.75 Å². The van der Waals surface area contributed by atoms with Crippen LogP contribution in [0.1, 0.15) is 44.2 Å². The summed E-state index contributed by atoms with van der Waals surface area (Å²) in [5, 5.41) is 3.36. The van der Waals surface area contributed by atoms with Gasteiger partial charge in [0.2, 0.25) is 0 Å². The highest BCUT2D eigenvalue weighted by Gasteiger charge is 2.12. The number of benzene rings is 1. The van der Waals surface area contributed by atoms with E-state index in [9.17, 15) is 0 Å². The third kappa shape index (κ3) is 3.49. The van der Waals surface area contributed by atoms with Crippen LogP contribution in [-0.2, 0) is 12.8 Å². The number of aryl methyl sites for hydroxylation is 2. The smallest absolute Gasteiger partial charge is 0.120 e. The van der Waals surface area contributed by atoms with Crippen molar-refractivity contribution in [2.45, 2.75) is 52.1 Å². The second kappa shape index (κ2) is 6.79. The van der Waals surface area contributed by atoms with Crippen LogP contribution in [0.25, 0.3) is 0 Å². The highest BCUT2D eigenvalue weighted by molar-refractivity contribution is 5.37. The molecule has 2 heteroatoms. The molecule has 2 nitrogen and oxygen atoms in total. The van der Waals surface area contributed by atoms with Gasteiger partial charge in [-0.25, -0.2) is 0 Å². The van der Waals surface area contributed by atoms with Crippen LogP contribution in [0.5, 0.6) is 5.75 Å². The Morgan fingerprint density at radius 1 is 1.17 bits per heavy atom. The number of hydrogen-bond acceptors (Lipinski definition) is 2. The number of nitrogens with one attached hydrogen (secondary N) is 1. The van der Waals surface area contributed by atoms with Crippen molar-refractivity contribution in [3.05, 3.63) is 29.3 Å².